The molecule has 0 spiro atoms. The summed E-state index contributed by atoms with van der Waals surface area (Å²) in [5.74, 6) is -0.393. The quantitative estimate of drug-likeness (QED) is 0.811. The number of hydrogen-bond acceptors (Lipinski definition) is 4. The molecule has 1 aliphatic rings. The predicted octanol–water partition coefficient (Wildman–Crippen LogP) is 2.75. The van der Waals surface area contributed by atoms with E-state index in [1.54, 1.807) is 17.9 Å². The lowest BCUT2D eigenvalue weighted by Crippen LogP contribution is -2.39. The van der Waals surface area contributed by atoms with Crippen LogP contribution in [0.2, 0.25) is 0 Å². The molecule has 0 bridgehead atoms. The Morgan fingerprint density at radius 1 is 1.45 bits per heavy atom. The Morgan fingerprint density at radius 2 is 2.25 bits per heavy atom. The molecule has 0 N–H and O–H groups in total. The van der Waals surface area contributed by atoms with Crippen LogP contribution in [0.4, 0.5) is 4.39 Å². The van der Waals surface area contributed by atoms with Crippen molar-refractivity contribution in [2.75, 3.05) is 6.54 Å². The topological polar surface area (TPSA) is 46.1 Å². The predicted molar refractivity (Wildman–Crippen MR) is 74.2 cm³/mol. The molecular formula is C14H14FN3OS. The summed E-state index contributed by atoms with van der Waals surface area (Å²) in [6, 6.07) is 4.64. The standard InChI is InChI=1S/C14H14FN3OS/c1-8-13(17-20-16-8)14(19)18-6-5-10-3-4-11(15)7-12(10)9(18)2/h3-4,7,9H,5-6H2,1-2H3. The van der Waals surface area contributed by atoms with E-state index in [0.29, 0.717) is 17.9 Å². The van der Waals surface area contributed by atoms with Gasteiger partial charge in [-0.2, -0.15) is 8.75 Å². The Morgan fingerprint density at radius 3 is 2.95 bits per heavy atom. The van der Waals surface area contributed by atoms with Gasteiger partial charge in [-0.05, 0) is 43.5 Å². The first kappa shape index (κ1) is 13.2. The summed E-state index contributed by atoms with van der Waals surface area (Å²) in [6.45, 7) is 4.32. The minimum absolute atomic E-state index is 0.126. The molecule has 0 saturated carbocycles. The fourth-order valence-electron chi connectivity index (χ4n) is 2.62. The first-order valence-electron chi connectivity index (χ1n) is 6.46. The highest BCUT2D eigenvalue weighted by molar-refractivity contribution is 6.99. The number of rotatable bonds is 1. The van der Waals surface area contributed by atoms with Crippen molar-refractivity contribution in [1.82, 2.24) is 13.6 Å². The SMILES string of the molecule is Cc1nsnc1C(=O)N1CCc2ccc(F)cc2C1C. The number of amides is 1. The molecule has 1 aromatic carbocycles. The fraction of sp³-hybridized carbons (Fsp3) is 0.357. The summed E-state index contributed by atoms with van der Waals surface area (Å²) in [5.41, 5.74) is 3.04. The van der Waals surface area contributed by atoms with Crippen molar-refractivity contribution < 1.29 is 9.18 Å². The molecule has 0 fully saturated rings. The van der Waals surface area contributed by atoms with Crippen LogP contribution in [0.5, 0.6) is 0 Å². The molecule has 1 unspecified atom stereocenters. The van der Waals surface area contributed by atoms with Gasteiger partial charge in [-0.3, -0.25) is 4.79 Å². The van der Waals surface area contributed by atoms with Crippen molar-refractivity contribution >= 4 is 17.6 Å². The van der Waals surface area contributed by atoms with Gasteiger partial charge in [0.25, 0.3) is 5.91 Å². The number of benzene rings is 1. The molecule has 1 amide bonds. The number of halogens is 1. The number of carbonyl (C=O) groups excluding carboxylic acids is 1. The van der Waals surface area contributed by atoms with E-state index in [1.807, 2.05) is 6.92 Å². The maximum Gasteiger partial charge on any atom is 0.276 e. The summed E-state index contributed by atoms with van der Waals surface area (Å²) in [6.07, 6.45) is 0.738. The average Bonchev–Trinajstić information content (AvgIpc) is 2.85. The maximum atomic E-state index is 13.4. The van der Waals surface area contributed by atoms with Crippen molar-refractivity contribution in [1.29, 1.82) is 0 Å². The molecule has 2 heterocycles. The fourth-order valence-corrected chi connectivity index (χ4v) is 3.17. The number of aryl methyl sites for hydroxylation is 1. The summed E-state index contributed by atoms with van der Waals surface area (Å²) in [5, 5.41) is 0. The van der Waals surface area contributed by atoms with E-state index in [0.717, 1.165) is 29.3 Å². The molecule has 4 nitrogen and oxygen atoms in total. The number of carbonyl (C=O) groups is 1. The summed E-state index contributed by atoms with van der Waals surface area (Å²) in [4.78, 5) is 14.3. The Bertz CT molecular complexity index is 670. The minimum atomic E-state index is -0.267. The third-order valence-electron chi connectivity index (χ3n) is 3.76. The summed E-state index contributed by atoms with van der Waals surface area (Å²) in [7, 11) is 0. The molecule has 20 heavy (non-hydrogen) atoms. The molecule has 1 aromatic heterocycles. The smallest absolute Gasteiger partial charge is 0.276 e. The molecule has 6 heteroatoms. The Balaban J connectivity index is 1.94. The van der Waals surface area contributed by atoms with Crippen LogP contribution in [-0.2, 0) is 6.42 Å². The first-order chi connectivity index (χ1) is 9.58. The molecule has 1 atom stereocenters. The number of aromatic nitrogens is 2. The number of fused-ring (bicyclic) bond motifs is 1. The monoisotopic (exact) mass is 291 g/mol. The number of hydrogen-bond donors (Lipinski definition) is 0. The molecule has 2 aromatic rings. The van der Waals surface area contributed by atoms with Gasteiger partial charge < -0.3 is 4.90 Å². The van der Waals surface area contributed by atoms with Gasteiger partial charge in [0, 0.05) is 6.54 Å². The van der Waals surface area contributed by atoms with Gasteiger partial charge in [0.15, 0.2) is 5.69 Å². The lowest BCUT2D eigenvalue weighted by molar-refractivity contribution is 0.0671. The normalized spacial score (nSPS) is 17.9. The zero-order valence-electron chi connectivity index (χ0n) is 11.3. The van der Waals surface area contributed by atoms with Crippen molar-refractivity contribution in [2.45, 2.75) is 26.3 Å². The summed E-state index contributed by atoms with van der Waals surface area (Å²) >= 11 is 1.04. The van der Waals surface area contributed by atoms with E-state index in [1.165, 1.54) is 12.1 Å². The highest BCUT2D eigenvalue weighted by atomic mass is 32.1. The zero-order chi connectivity index (χ0) is 14.3. The zero-order valence-corrected chi connectivity index (χ0v) is 12.1. The van der Waals surface area contributed by atoms with E-state index in [4.69, 9.17) is 0 Å². The molecule has 0 saturated heterocycles. The number of nitrogens with zero attached hydrogens (tertiary/aromatic N) is 3. The van der Waals surface area contributed by atoms with E-state index in [-0.39, 0.29) is 17.8 Å². The van der Waals surface area contributed by atoms with Crippen LogP contribution in [0.15, 0.2) is 18.2 Å². The molecule has 3 rings (SSSR count). The van der Waals surface area contributed by atoms with Crippen LogP contribution in [0.3, 0.4) is 0 Å². The van der Waals surface area contributed by atoms with Gasteiger partial charge in [-0.1, -0.05) is 6.07 Å². The maximum absolute atomic E-state index is 13.4. The van der Waals surface area contributed by atoms with E-state index in [2.05, 4.69) is 8.75 Å². The molecule has 0 aliphatic carbocycles. The second kappa shape index (κ2) is 4.94. The van der Waals surface area contributed by atoms with Crippen LogP contribution in [0.1, 0.15) is 40.3 Å². The second-order valence-electron chi connectivity index (χ2n) is 4.97. The molecular weight excluding hydrogens is 277 g/mol. The van der Waals surface area contributed by atoms with Gasteiger partial charge in [0.1, 0.15) is 5.82 Å². The van der Waals surface area contributed by atoms with Crippen LogP contribution in [0, 0.1) is 12.7 Å². The van der Waals surface area contributed by atoms with E-state index >= 15 is 0 Å². The van der Waals surface area contributed by atoms with Crippen molar-refractivity contribution in [3.63, 3.8) is 0 Å². The van der Waals surface area contributed by atoms with Crippen molar-refractivity contribution in [3.05, 3.63) is 46.5 Å². The lowest BCUT2D eigenvalue weighted by Gasteiger charge is -2.35. The third-order valence-corrected chi connectivity index (χ3v) is 4.38. The van der Waals surface area contributed by atoms with E-state index in [9.17, 15) is 9.18 Å². The Labute approximate surface area is 120 Å². The third kappa shape index (κ3) is 2.10. The van der Waals surface area contributed by atoms with Gasteiger partial charge in [0.05, 0.1) is 23.5 Å². The Kier molecular flexibility index (Phi) is 3.25. The van der Waals surface area contributed by atoms with Crippen LogP contribution >= 0.6 is 11.7 Å². The first-order valence-corrected chi connectivity index (χ1v) is 7.19. The van der Waals surface area contributed by atoms with Gasteiger partial charge in [-0.15, -0.1) is 0 Å². The van der Waals surface area contributed by atoms with Crippen LogP contribution in [-0.4, -0.2) is 26.1 Å². The molecule has 104 valence electrons. The minimum Gasteiger partial charge on any atom is -0.330 e. The van der Waals surface area contributed by atoms with Crippen molar-refractivity contribution in [2.24, 2.45) is 0 Å². The van der Waals surface area contributed by atoms with Gasteiger partial charge in [-0.25, -0.2) is 4.39 Å². The largest absolute Gasteiger partial charge is 0.330 e. The van der Waals surface area contributed by atoms with Gasteiger partial charge >= 0.3 is 0 Å². The highest BCUT2D eigenvalue weighted by Gasteiger charge is 2.30. The van der Waals surface area contributed by atoms with Crippen LogP contribution in [0.25, 0.3) is 0 Å². The van der Waals surface area contributed by atoms with E-state index < -0.39 is 0 Å². The lowest BCUT2D eigenvalue weighted by atomic mass is 9.93. The summed E-state index contributed by atoms with van der Waals surface area (Å²) < 4.78 is 21.5. The molecule has 0 radical (unpaired) electrons. The van der Waals surface area contributed by atoms with Gasteiger partial charge in [0.2, 0.25) is 0 Å². The van der Waals surface area contributed by atoms with Crippen molar-refractivity contribution in [3.8, 4) is 0 Å². The highest BCUT2D eigenvalue weighted by Crippen LogP contribution is 2.31. The second-order valence-corrected chi connectivity index (χ2v) is 5.49. The Hall–Kier alpha value is -1.82. The van der Waals surface area contributed by atoms with Crippen LogP contribution < -0.4 is 0 Å². The molecule has 1 aliphatic heterocycles. The average molecular weight is 291 g/mol.